The number of pyridine rings is 1. The molecular weight excluding hydrogens is 162 g/mol. The Kier molecular flexibility index (Phi) is 2.73. The quantitative estimate of drug-likeness (QED) is 0.623. The molecule has 0 saturated carbocycles. The standard InChI is InChI=1S/C7H9NO2S/c1-6(11(9)10)7-4-2-3-5-8-7/h2-6H,1H3,(H,9,10)/p-1. The molecule has 0 bridgehead atoms. The summed E-state index contributed by atoms with van der Waals surface area (Å²) in [6.07, 6.45) is 1.58. The zero-order valence-electron chi connectivity index (χ0n) is 6.06. The molecule has 0 amide bonds. The zero-order valence-corrected chi connectivity index (χ0v) is 6.88. The van der Waals surface area contributed by atoms with E-state index in [4.69, 9.17) is 0 Å². The van der Waals surface area contributed by atoms with Crippen LogP contribution in [0.5, 0.6) is 0 Å². The van der Waals surface area contributed by atoms with E-state index in [1.54, 1.807) is 31.3 Å². The van der Waals surface area contributed by atoms with Crippen molar-refractivity contribution in [3.8, 4) is 0 Å². The third-order valence-corrected chi connectivity index (χ3v) is 2.21. The number of nitrogens with zero attached hydrogens (tertiary/aromatic N) is 1. The van der Waals surface area contributed by atoms with E-state index >= 15 is 0 Å². The summed E-state index contributed by atoms with van der Waals surface area (Å²) in [5.74, 6) is 0. The maximum absolute atomic E-state index is 10.5. The van der Waals surface area contributed by atoms with E-state index in [1.807, 2.05) is 0 Å². The summed E-state index contributed by atoms with van der Waals surface area (Å²) in [7, 11) is 0. The molecule has 1 heterocycles. The molecule has 2 unspecified atom stereocenters. The van der Waals surface area contributed by atoms with Crippen molar-refractivity contribution in [2.45, 2.75) is 12.2 Å². The second kappa shape index (κ2) is 3.59. The average molecular weight is 170 g/mol. The first-order chi connectivity index (χ1) is 5.22. The van der Waals surface area contributed by atoms with Crippen molar-refractivity contribution in [2.75, 3.05) is 0 Å². The van der Waals surface area contributed by atoms with Crippen LogP contribution >= 0.6 is 0 Å². The van der Waals surface area contributed by atoms with Crippen LogP contribution in [0.1, 0.15) is 17.9 Å². The van der Waals surface area contributed by atoms with E-state index in [1.165, 1.54) is 0 Å². The normalized spacial score (nSPS) is 15.8. The van der Waals surface area contributed by atoms with Crippen LogP contribution in [-0.2, 0) is 11.1 Å². The lowest BCUT2D eigenvalue weighted by atomic mass is 10.3. The Balaban J connectivity index is 2.85. The molecule has 0 aliphatic heterocycles. The first-order valence-corrected chi connectivity index (χ1v) is 4.34. The van der Waals surface area contributed by atoms with Gasteiger partial charge in [0.1, 0.15) is 0 Å². The molecule has 0 N–H and O–H groups in total. The molecule has 1 aromatic heterocycles. The lowest BCUT2D eigenvalue weighted by molar-refractivity contribution is 0.526. The van der Waals surface area contributed by atoms with Crippen molar-refractivity contribution in [2.24, 2.45) is 0 Å². The van der Waals surface area contributed by atoms with Crippen LogP contribution in [0.2, 0.25) is 0 Å². The molecule has 11 heavy (non-hydrogen) atoms. The highest BCUT2D eigenvalue weighted by molar-refractivity contribution is 7.79. The highest BCUT2D eigenvalue weighted by atomic mass is 32.2. The van der Waals surface area contributed by atoms with Crippen LogP contribution in [0.4, 0.5) is 0 Å². The molecular formula is C7H8NO2S-. The molecule has 1 rings (SSSR count). The molecule has 2 atom stereocenters. The number of hydrogen-bond donors (Lipinski definition) is 0. The van der Waals surface area contributed by atoms with Gasteiger partial charge in [-0.05, 0) is 30.1 Å². The Morgan fingerprint density at radius 2 is 2.36 bits per heavy atom. The molecule has 0 aliphatic carbocycles. The molecule has 0 spiro atoms. The Morgan fingerprint density at radius 1 is 1.64 bits per heavy atom. The molecule has 0 saturated heterocycles. The topological polar surface area (TPSA) is 53.0 Å². The van der Waals surface area contributed by atoms with Crippen LogP contribution in [0, 0.1) is 0 Å². The zero-order chi connectivity index (χ0) is 8.27. The van der Waals surface area contributed by atoms with Gasteiger partial charge in [0.15, 0.2) is 0 Å². The van der Waals surface area contributed by atoms with Gasteiger partial charge >= 0.3 is 0 Å². The van der Waals surface area contributed by atoms with Gasteiger partial charge in [-0.15, -0.1) is 0 Å². The molecule has 0 fully saturated rings. The maximum Gasteiger partial charge on any atom is 0.0609 e. The minimum Gasteiger partial charge on any atom is -0.772 e. The third kappa shape index (κ3) is 2.10. The largest absolute Gasteiger partial charge is 0.772 e. The molecule has 60 valence electrons. The molecule has 0 aliphatic rings. The number of hydrogen-bond acceptors (Lipinski definition) is 3. The minimum absolute atomic E-state index is 0.517. The van der Waals surface area contributed by atoms with Gasteiger partial charge in [-0.25, -0.2) is 0 Å². The lowest BCUT2D eigenvalue weighted by Gasteiger charge is -2.12. The summed E-state index contributed by atoms with van der Waals surface area (Å²) < 4.78 is 20.9. The van der Waals surface area contributed by atoms with E-state index in [0.29, 0.717) is 5.69 Å². The fraction of sp³-hybridized carbons (Fsp3) is 0.286. The highest BCUT2D eigenvalue weighted by Gasteiger charge is 2.04. The first kappa shape index (κ1) is 8.36. The van der Waals surface area contributed by atoms with Gasteiger partial charge in [-0.2, -0.15) is 0 Å². The van der Waals surface area contributed by atoms with Crippen LogP contribution in [0.15, 0.2) is 24.4 Å². The van der Waals surface area contributed by atoms with E-state index < -0.39 is 16.3 Å². The van der Waals surface area contributed by atoms with E-state index in [9.17, 15) is 8.76 Å². The molecule has 0 aromatic carbocycles. The van der Waals surface area contributed by atoms with E-state index in [2.05, 4.69) is 4.98 Å². The molecule has 4 heteroatoms. The lowest BCUT2D eigenvalue weighted by Crippen LogP contribution is -2.02. The van der Waals surface area contributed by atoms with E-state index in [-0.39, 0.29) is 0 Å². The Bertz CT molecular complexity index is 250. The van der Waals surface area contributed by atoms with Gasteiger partial charge in [0.25, 0.3) is 0 Å². The smallest absolute Gasteiger partial charge is 0.0609 e. The predicted octanol–water partition coefficient (Wildman–Crippen LogP) is 1.02. The van der Waals surface area contributed by atoms with Gasteiger partial charge in [-0.3, -0.25) is 9.19 Å². The number of rotatable bonds is 2. The maximum atomic E-state index is 10.5. The van der Waals surface area contributed by atoms with Crippen molar-refractivity contribution in [1.82, 2.24) is 4.98 Å². The predicted molar refractivity (Wildman–Crippen MR) is 41.6 cm³/mol. The Morgan fingerprint density at radius 3 is 2.82 bits per heavy atom. The molecule has 1 aromatic rings. The summed E-state index contributed by atoms with van der Waals surface area (Å²) >= 11 is -2.07. The average Bonchev–Trinajstić information content (AvgIpc) is 2.05. The van der Waals surface area contributed by atoms with Crippen molar-refractivity contribution in [3.05, 3.63) is 30.1 Å². The Labute approximate surface area is 67.8 Å². The highest BCUT2D eigenvalue weighted by Crippen LogP contribution is 2.13. The van der Waals surface area contributed by atoms with Gasteiger partial charge in [0.05, 0.1) is 10.9 Å². The van der Waals surface area contributed by atoms with Crippen LogP contribution in [0.25, 0.3) is 0 Å². The summed E-state index contributed by atoms with van der Waals surface area (Å²) in [4.78, 5) is 3.91. The molecule has 3 nitrogen and oxygen atoms in total. The van der Waals surface area contributed by atoms with Crippen LogP contribution in [0.3, 0.4) is 0 Å². The summed E-state index contributed by atoms with van der Waals surface area (Å²) in [5.41, 5.74) is 0.584. The van der Waals surface area contributed by atoms with Gasteiger partial charge in [-0.1, -0.05) is 6.07 Å². The van der Waals surface area contributed by atoms with Gasteiger partial charge in [0, 0.05) is 6.20 Å². The van der Waals surface area contributed by atoms with Crippen molar-refractivity contribution in [1.29, 1.82) is 0 Å². The summed E-state index contributed by atoms with van der Waals surface area (Å²) in [5, 5.41) is -0.517. The number of aromatic nitrogens is 1. The van der Waals surface area contributed by atoms with Gasteiger partial charge < -0.3 is 4.55 Å². The van der Waals surface area contributed by atoms with Crippen molar-refractivity contribution >= 4 is 11.1 Å². The molecule has 0 radical (unpaired) electrons. The Hall–Kier alpha value is -0.740. The fourth-order valence-electron chi connectivity index (χ4n) is 0.715. The summed E-state index contributed by atoms with van der Waals surface area (Å²) in [6, 6.07) is 5.22. The van der Waals surface area contributed by atoms with Crippen LogP contribution in [-0.4, -0.2) is 13.7 Å². The van der Waals surface area contributed by atoms with Crippen LogP contribution < -0.4 is 0 Å². The minimum atomic E-state index is -2.07. The second-order valence-corrected chi connectivity index (χ2v) is 3.39. The SMILES string of the molecule is CC(c1ccccn1)S(=O)[O-]. The van der Waals surface area contributed by atoms with E-state index in [0.717, 1.165) is 0 Å². The third-order valence-electron chi connectivity index (χ3n) is 1.39. The van der Waals surface area contributed by atoms with Crippen molar-refractivity contribution in [3.63, 3.8) is 0 Å². The monoisotopic (exact) mass is 170 g/mol. The second-order valence-electron chi connectivity index (χ2n) is 2.16. The fourth-order valence-corrected chi connectivity index (χ4v) is 1.05. The van der Waals surface area contributed by atoms with Gasteiger partial charge in [0.2, 0.25) is 0 Å². The summed E-state index contributed by atoms with van der Waals surface area (Å²) in [6.45, 7) is 1.60. The van der Waals surface area contributed by atoms with Crippen molar-refractivity contribution < 1.29 is 8.76 Å². The first-order valence-electron chi connectivity index (χ1n) is 3.21.